The standard InChI is InChI=1S/C36H26N2S/c1-4-13-27(14-5-1)37(29-17-12-20-32(25-29)39-31-18-8-3-9-19-31)30-23-24-34-33-21-10-11-22-35(33)38(36(34)26-30)28-15-6-2-7-16-28/h1-26H. The number of anilines is 3. The highest BCUT2D eigenvalue weighted by molar-refractivity contribution is 7.99. The van der Waals surface area contributed by atoms with E-state index in [-0.39, 0.29) is 0 Å². The lowest BCUT2D eigenvalue weighted by Crippen LogP contribution is -2.10. The van der Waals surface area contributed by atoms with Gasteiger partial charge in [-0.25, -0.2) is 0 Å². The Morgan fingerprint density at radius 3 is 1.79 bits per heavy atom. The van der Waals surface area contributed by atoms with Gasteiger partial charge in [0, 0.05) is 43.3 Å². The zero-order valence-corrected chi connectivity index (χ0v) is 22.1. The molecule has 0 amide bonds. The van der Waals surface area contributed by atoms with Crippen LogP contribution < -0.4 is 4.90 Å². The van der Waals surface area contributed by atoms with E-state index in [1.165, 1.54) is 31.6 Å². The number of rotatable bonds is 6. The lowest BCUT2D eigenvalue weighted by atomic mass is 10.1. The maximum Gasteiger partial charge on any atom is 0.0561 e. The molecule has 0 saturated heterocycles. The fourth-order valence-corrected chi connectivity index (χ4v) is 6.18. The predicted octanol–water partition coefficient (Wildman–Crippen LogP) is 10.4. The molecule has 0 fully saturated rings. The summed E-state index contributed by atoms with van der Waals surface area (Å²) < 4.78 is 2.37. The van der Waals surface area contributed by atoms with E-state index in [1.54, 1.807) is 11.8 Å². The third-order valence-electron chi connectivity index (χ3n) is 7.00. The van der Waals surface area contributed by atoms with E-state index in [2.05, 4.69) is 167 Å². The molecule has 2 nitrogen and oxygen atoms in total. The van der Waals surface area contributed by atoms with Gasteiger partial charge in [0.2, 0.25) is 0 Å². The molecule has 0 atom stereocenters. The third kappa shape index (κ3) is 4.47. The summed E-state index contributed by atoms with van der Waals surface area (Å²) in [4.78, 5) is 4.79. The molecule has 7 rings (SSSR count). The molecule has 0 unspecified atom stereocenters. The van der Waals surface area contributed by atoms with Crippen LogP contribution in [0.1, 0.15) is 0 Å². The fourth-order valence-electron chi connectivity index (χ4n) is 5.29. The van der Waals surface area contributed by atoms with Crippen molar-refractivity contribution in [3.8, 4) is 5.69 Å². The van der Waals surface area contributed by atoms with Gasteiger partial charge >= 0.3 is 0 Å². The van der Waals surface area contributed by atoms with E-state index in [1.807, 2.05) is 0 Å². The van der Waals surface area contributed by atoms with Gasteiger partial charge in [-0.2, -0.15) is 0 Å². The van der Waals surface area contributed by atoms with Crippen LogP contribution in [-0.4, -0.2) is 4.57 Å². The van der Waals surface area contributed by atoms with Crippen molar-refractivity contribution in [1.82, 2.24) is 4.57 Å². The van der Waals surface area contributed by atoms with Crippen molar-refractivity contribution >= 4 is 50.6 Å². The van der Waals surface area contributed by atoms with Crippen LogP contribution in [0.15, 0.2) is 168 Å². The molecule has 1 aromatic heterocycles. The Labute approximate surface area is 232 Å². The van der Waals surface area contributed by atoms with Gasteiger partial charge in [-0.3, -0.25) is 0 Å². The second kappa shape index (κ2) is 10.2. The van der Waals surface area contributed by atoms with Crippen LogP contribution in [-0.2, 0) is 0 Å². The summed E-state index contributed by atoms with van der Waals surface area (Å²) in [5, 5.41) is 2.51. The van der Waals surface area contributed by atoms with Gasteiger partial charge in [-0.05, 0) is 72.8 Å². The second-order valence-corrected chi connectivity index (χ2v) is 10.6. The minimum absolute atomic E-state index is 1.12. The van der Waals surface area contributed by atoms with E-state index in [0.717, 1.165) is 22.7 Å². The fraction of sp³-hybridized carbons (Fsp3) is 0. The molecule has 0 radical (unpaired) electrons. The Hall–Kier alpha value is -4.73. The first-order chi connectivity index (χ1) is 19.3. The molecule has 0 saturated carbocycles. The SMILES string of the molecule is c1ccc(Sc2cccc(N(c3ccccc3)c3ccc4c5ccccc5n(-c5ccccc5)c4c3)c2)cc1. The highest BCUT2D eigenvalue weighted by atomic mass is 32.2. The first-order valence-corrected chi connectivity index (χ1v) is 13.9. The summed E-state index contributed by atoms with van der Waals surface area (Å²) in [7, 11) is 0. The quantitative estimate of drug-likeness (QED) is 0.216. The Morgan fingerprint density at radius 2 is 1.00 bits per heavy atom. The van der Waals surface area contributed by atoms with Crippen molar-refractivity contribution in [2.75, 3.05) is 4.90 Å². The van der Waals surface area contributed by atoms with Gasteiger partial charge in [-0.15, -0.1) is 0 Å². The van der Waals surface area contributed by atoms with E-state index in [4.69, 9.17) is 0 Å². The van der Waals surface area contributed by atoms with E-state index in [0.29, 0.717) is 0 Å². The average molecular weight is 519 g/mol. The van der Waals surface area contributed by atoms with Crippen LogP contribution in [0.5, 0.6) is 0 Å². The Bertz CT molecular complexity index is 1880. The maximum atomic E-state index is 2.37. The number of para-hydroxylation sites is 3. The molecule has 0 N–H and O–H groups in total. The highest BCUT2D eigenvalue weighted by Gasteiger charge is 2.17. The van der Waals surface area contributed by atoms with Gasteiger partial charge in [0.1, 0.15) is 0 Å². The van der Waals surface area contributed by atoms with Crippen LogP contribution in [0.4, 0.5) is 17.1 Å². The van der Waals surface area contributed by atoms with E-state index >= 15 is 0 Å². The van der Waals surface area contributed by atoms with Crippen molar-refractivity contribution in [2.24, 2.45) is 0 Å². The summed E-state index contributed by atoms with van der Waals surface area (Å²) in [6, 6.07) is 56.1. The van der Waals surface area contributed by atoms with Crippen LogP contribution in [0.25, 0.3) is 27.5 Å². The number of hydrogen-bond acceptors (Lipinski definition) is 2. The minimum Gasteiger partial charge on any atom is -0.310 e. The number of nitrogens with zero attached hydrogens (tertiary/aromatic N) is 2. The Morgan fingerprint density at radius 1 is 0.410 bits per heavy atom. The highest BCUT2D eigenvalue weighted by Crippen LogP contribution is 2.40. The van der Waals surface area contributed by atoms with Gasteiger partial charge in [-0.1, -0.05) is 96.7 Å². The molecule has 1 heterocycles. The van der Waals surface area contributed by atoms with E-state index in [9.17, 15) is 0 Å². The van der Waals surface area contributed by atoms with Crippen LogP contribution in [0.2, 0.25) is 0 Å². The Balaban J connectivity index is 1.42. The minimum atomic E-state index is 1.12. The smallest absolute Gasteiger partial charge is 0.0561 e. The molecular formula is C36H26N2S. The molecule has 0 aliphatic heterocycles. The first kappa shape index (κ1) is 23.4. The predicted molar refractivity (Wildman–Crippen MR) is 166 cm³/mol. The molecule has 0 spiro atoms. The average Bonchev–Trinajstić information content (AvgIpc) is 3.33. The van der Waals surface area contributed by atoms with Crippen molar-refractivity contribution in [2.45, 2.75) is 9.79 Å². The molecule has 0 bridgehead atoms. The van der Waals surface area contributed by atoms with Gasteiger partial charge in [0.25, 0.3) is 0 Å². The lowest BCUT2D eigenvalue weighted by Gasteiger charge is -2.26. The van der Waals surface area contributed by atoms with Gasteiger partial charge in [0.05, 0.1) is 11.0 Å². The molecule has 6 aromatic carbocycles. The second-order valence-electron chi connectivity index (χ2n) is 9.47. The zero-order valence-electron chi connectivity index (χ0n) is 21.3. The lowest BCUT2D eigenvalue weighted by molar-refractivity contribution is 1.18. The molecule has 3 heteroatoms. The van der Waals surface area contributed by atoms with Crippen LogP contribution in [0, 0.1) is 0 Å². The zero-order chi connectivity index (χ0) is 26.0. The van der Waals surface area contributed by atoms with Crippen LogP contribution in [0.3, 0.4) is 0 Å². The van der Waals surface area contributed by atoms with Crippen molar-refractivity contribution in [3.05, 3.63) is 158 Å². The van der Waals surface area contributed by atoms with Crippen molar-refractivity contribution in [3.63, 3.8) is 0 Å². The summed E-state index contributed by atoms with van der Waals surface area (Å²) >= 11 is 1.78. The summed E-state index contributed by atoms with van der Waals surface area (Å²) in [6.45, 7) is 0. The Kier molecular flexibility index (Phi) is 6.12. The number of hydrogen-bond donors (Lipinski definition) is 0. The number of fused-ring (bicyclic) bond motifs is 3. The maximum absolute atomic E-state index is 2.37. The van der Waals surface area contributed by atoms with Crippen molar-refractivity contribution < 1.29 is 0 Å². The third-order valence-corrected chi connectivity index (χ3v) is 8.00. The largest absolute Gasteiger partial charge is 0.310 e. The summed E-state index contributed by atoms with van der Waals surface area (Å²) in [5.41, 5.74) is 6.94. The molecule has 186 valence electrons. The molecular weight excluding hydrogens is 492 g/mol. The van der Waals surface area contributed by atoms with Gasteiger partial charge in [0.15, 0.2) is 0 Å². The summed E-state index contributed by atoms with van der Waals surface area (Å²) in [6.07, 6.45) is 0. The number of aromatic nitrogens is 1. The monoisotopic (exact) mass is 518 g/mol. The molecule has 39 heavy (non-hydrogen) atoms. The molecule has 0 aliphatic carbocycles. The normalized spacial score (nSPS) is 11.2. The van der Waals surface area contributed by atoms with Crippen LogP contribution >= 0.6 is 11.8 Å². The van der Waals surface area contributed by atoms with Crippen molar-refractivity contribution in [1.29, 1.82) is 0 Å². The summed E-state index contributed by atoms with van der Waals surface area (Å²) in [5.74, 6) is 0. The van der Waals surface area contributed by atoms with Gasteiger partial charge < -0.3 is 9.47 Å². The topological polar surface area (TPSA) is 8.17 Å². The first-order valence-electron chi connectivity index (χ1n) is 13.1. The van der Waals surface area contributed by atoms with E-state index < -0.39 is 0 Å². The molecule has 7 aromatic rings. The molecule has 0 aliphatic rings. The number of benzene rings is 6.